The summed E-state index contributed by atoms with van der Waals surface area (Å²) >= 11 is 0. The van der Waals surface area contributed by atoms with Gasteiger partial charge in [-0.2, -0.15) is 0 Å². The van der Waals surface area contributed by atoms with Gasteiger partial charge in [0.2, 0.25) is 0 Å². The quantitative estimate of drug-likeness (QED) is 0.885. The summed E-state index contributed by atoms with van der Waals surface area (Å²) in [5, 5.41) is 3.35. The Hall–Kier alpha value is -1.13. The molecule has 0 aromatic heterocycles. The highest BCUT2D eigenvalue weighted by Gasteiger charge is 2.19. The van der Waals surface area contributed by atoms with Gasteiger partial charge in [0.05, 0.1) is 18.9 Å². The third-order valence-electron chi connectivity index (χ3n) is 4.13. The lowest BCUT2D eigenvalue weighted by Crippen LogP contribution is -2.36. The zero-order valence-corrected chi connectivity index (χ0v) is 11.2. The number of piperidine rings is 1. The summed E-state index contributed by atoms with van der Waals surface area (Å²) in [5.41, 5.74) is 1.87. The van der Waals surface area contributed by atoms with Crippen molar-refractivity contribution < 1.29 is 9.13 Å². The fourth-order valence-corrected chi connectivity index (χ4v) is 2.99. The van der Waals surface area contributed by atoms with Crippen molar-refractivity contribution >= 4 is 5.69 Å². The van der Waals surface area contributed by atoms with Crippen molar-refractivity contribution in [2.45, 2.75) is 18.8 Å². The standard InChI is InChI=1S/C15H21FN2O/c16-14-11-13(12-3-5-17-6-4-12)1-2-15(14)18-7-9-19-10-8-18/h1-2,11-12,17H,3-10H2. The second-order valence-electron chi connectivity index (χ2n) is 5.33. The third kappa shape index (κ3) is 2.90. The topological polar surface area (TPSA) is 24.5 Å². The number of hydrogen-bond acceptors (Lipinski definition) is 3. The molecule has 3 nitrogen and oxygen atoms in total. The first-order valence-electron chi connectivity index (χ1n) is 7.17. The molecule has 2 heterocycles. The van der Waals surface area contributed by atoms with Crippen LogP contribution in [-0.2, 0) is 4.74 Å². The van der Waals surface area contributed by atoms with E-state index in [0.29, 0.717) is 19.1 Å². The SMILES string of the molecule is Fc1cc(C2CCNCC2)ccc1N1CCOCC1. The van der Waals surface area contributed by atoms with E-state index in [1.165, 1.54) is 0 Å². The average Bonchev–Trinajstić information content (AvgIpc) is 2.49. The summed E-state index contributed by atoms with van der Waals surface area (Å²) in [6, 6.07) is 5.78. The van der Waals surface area contributed by atoms with Gasteiger partial charge in [0.25, 0.3) is 0 Å². The van der Waals surface area contributed by atoms with Gasteiger partial charge < -0.3 is 15.0 Å². The van der Waals surface area contributed by atoms with Gasteiger partial charge in [-0.05, 0) is 49.5 Å². The Bertz CT molecular complexity index is 426. The van der Waals surface area contributed by atoms with Crippen LogP contribution in [-0.4, -0.2) is 39.4 Å². The first-order valence-corrected chi connectivity index (χ1v) is 7.17. The lowest BCUT2D eigenvalue weighted by Gasteiger charge is -2.30. The van der Waals surface area contributed by atoms with Gasteiger partial charge >= 0.3 is 0 Å². The maximum Gasteiger partial charge on any atom is 0.146 e. The van der Waals surface area contributed by atoms with Crippen LogP contribution >= 0.6 is 0 Å². The molecular formula is C15H21FN2O. The first-order chi connectivity index (χ1) is 9.34. The number of halogens is 1. The summed E-state index contributed by atoms with van der Waals surface area (Å²) < 4.78 is 19.6. The van der Waals surface area contributed by atoms with Crippen LogP contribution in [0.1, 0.15) is 24.3 Å². The molecule has 1 aromatic carbocycles. The van der Waals surface area contributed by atoms with Crippen molar-refractivity contribution in [3.05, 3.63) is 29.6 Å². The maximum absolute atomic E-state index is 14.3. The molecule has 0 amide bonds. The molecule has 0 saturated carbocycles. The van der Waals surface area contributed by atoms with Crippen molar-refractivity contribution in [2.75, 3.05) is 44.3 Å². The molecule has 2 saturated heterocycles. The molecule has 3 rings (SSSR count). The fraction of sp³-hybridized carbons (Fsp3) is 0.600. The molecule has 19 heavy (non-hydrogen) atoms. The molecule has 2 aliphatic rings. The molecule has 2 aliphatic heterocycles. The molecule has 1 N–H and O–H groups in total. The number of rotatable bonds is 2. The number of benzene rings is 1. The first kappa shape index (κ1) is 12.9. The molecule has 4 heteroatoms. The van der Waals surface area contributed by atoms with Crippen molar-refractivity contribution in [3.63, 3.8) is 0 Å². The van der Waals surface area contributed by atoms with Crippen LogP contribution in [0.3, 0.4) is 0 Å². The minimum absolute atomic E-state index is 0.0852. The van der Waals surface area contributed by atoms with E-state index in [2.05, 4.69) is 16.3 Å². The Morgan fingerprint density at radius 1 is 1.16 bits per heavy atom. The third-order valence-corrected chi connectivity index (χ3v) is 4.13. The van der Waals surface area contributed by atoms with Crippen LogP contribution in [0.15, 0.2) is 18.2 Å². The Kier molecular flexibility index (Phi) is 3.99. The summed E-state index contributed by atoms with van der Waals surface area (Å²) in [5.74, 6) is 0.424. The van der Waals surface area contributed by atoms with Gasteiger partial charge in [-0.15, -0.1) is 0 Å². The number of nitrogens with one attached hydrogen (secondary N) is 1. The van der Waals surface area contributed by atoms with Crippen molar-refractivity contribution in [3.8, 4) is 0 Å². The molecule has 0 spiro atoms. The zero-order chi connectivity index (χ0) is 13.1. The van der Waals surface area contributed by atoms with Crippen LogP contribution in [0, 0.1) is 5.82 Å². The van der Waals surface area contributed by atoms with E-state index in [4.69, 9.17) is 4.74 Å². The van der Waals surface area contributed by atoms with E-state index in [1.54, 1.807) is 6.07 Å². The highest BCUT2D eigenvalue weighted by atomic mass is 19.1. The lowest BCUT2D eigenvalue weighted by atomic mass is 9.90. The number of nitrogens with zero attached hydrogens (tertiary/aromatic N) is 1. The molecule has 2 fully saturated rings. The second kappa shape index (κ2) is 5.88. The average molecular weight is 264 g/mol. The molecular weight excluding hydrogens is 243 g/mol. The highest BCUT2D eigenvalue weighted by Crippen LogP contribution is 2.29. The highest BCUT2D eigenvalue weighted by molar-refractivity contribution is 5.50. The summed E-state index contributed by atoms with van der Waals surface area (Å²) in [7, 11) is 0. The van der Waals surface area contributed by atoms with Crippen molar-refractivity contribution in [1.82, 2.24) is 5.32 Å². The molecule has 104 valence electrons. The van der Waals surface area contributed by atoms with Crippen molar-refractivity contribution in [1.29, 1.82) is 0 Å². The van der Waals surface area contributed by atoms with Gasteiger partial charge in [0.15, 0.2) is 0 Å². The fourth-order valence-electron chi connectivity index (χ4n) is 2.99. The molecule has 0 bridgehead atoms. The van der Waals surface area contributed by atoms with Gasteiger partial charge in [-0.25, -0.2) is 4.39 Å². The maximum atomic E-state index is 14.3. The van der Waals surface area contributed by atoms with E-state index in [9.17, 15) is 4.39 Å². The number of ether oxygens (including phenoxy) is 1. The molecule has 0 atom stereocenters. The molecule has 0 unspecified atom stereocenters. The summed E-state index contributed by atoms with van der Waals surface area (Å²) in [6.07, 6.45) is 2.21. The molecule has 0 aliphatic carbocycles. The predicted octanol–water partition coefficient (Wildman–Crippen LogP) is 2.13. The predicted molar refractivity (Wildman–Crippen MR) is 74.3 cm³/mol. The molecule has 1 aromatic rings. The minimum Gasteiger partial charge on any atom is -0.378 e. The Morgan fingerprint density at radius 3 is 2.58 bits per heavy atom. The molecule has 0 radical (unpaired) electrons. The summed E-state index contributed by atoms with van der Waals surface area (Å²) in [4.78, 5) is 2.07. The van der Waals surface area contributed by atoms with Crippen LogP contribution in [0.25, 0.3) is 0 Å². The van der Waals surface area contributed by atoms with Crippen LogP contribution in [0.5, 0.6) is 0 Å². The monoisotopic (exact) mass is 264 g/mol. The van der Waals surface area contributed by atoms with Crippen LogP contribution in [0.4, 0.5) is 10.1 Å². The second-order valence-corrected chi connectivity index (χ2v) is 5.33. The van der Waals surface area contributed by atoms with E-state index < -0.39 is 0 Å². The van der Waals surface area contributed by atoms with E-state index in [1.807, 2.05) is 6.07 Å². The Labute approximate surface area is 113 Å². The smallest absolute Gasteiger partial charge is 0.146 e. The largest absolute Gasteiger partial charge is 0.378 e. The number of hydrogen-bond donors (Lipinski definition) is 1. The normalized spacial score (nSPS) is 21.6. The summed E-state index contributed by atoms with van der Waals surface area (Å²) in [6.45, 7) is 5.02. The number of anilines is 1. The van der Waals surface area contributed by atoms with Gasteiger partial charge in [-0.1, -0.05) is 6.07 Å². The van der Waals surface area contributed by atoms with Gasteiger partial charge in [0, 0.05) is 13.1 Å². The zero-order valence-electron chi connectivity index (χ0n) is 11.2. The minimum atomic E-state index is -0.0852. The van der Waals surface area contributed by atoms with Crippen LogP contribution < -0.4 is 10.2 Å². The Balaban J connectivity index is 1.76. The van der Waals surface area contributed by atoms with Gasteiger partial charge in [0.1, 0.15) is 5.82 Å². The van der Waals surface area contributed by atoms with E-state index >= 15 is 0 Å². The van der Waals surface area contributed by atoms with Crippen molar-refractivity contribution in [2.24, 2.45) is 0 Å². The lowest BCUT2D eigenvalue weighted by molar-refractivity contribution is 0.122. The Morgan fingerprint density at radius 2 is 1.89 bits per heavy atom. The van der Waals surface area contributed by atoms with E-state index in [-0.39, 0.29) is 5.82 Å². The van der Waals surface area contributed by atoms with E-state index in [0.717, 1.165) is 50.3 Å². The van der Waals surface area contributed by atoms with Crippen LogP contribution in [0.2, 0.25) is 0 Å². The van der Waals surface area contributed by atoms with Gasteiger partial charge in [-0.3, -0.25) is 0 Å². The number of morpholine rings is 1.